The fourth-order valence-corrected chi connectivity index (χ4v) is 3.13. The maximum absolute atomic E-state index is 12.9. The minimum atomic E-state index is -2.68. The number of carbonyl (C=O) groups is 1. The first-order valence-corrected chi connectivity index (χ1v) is 8.06. The highest BCUT2D eigenvalue weighted by Crippen LogP contribution is 2.43. The summed E-state index contributed by atoms with van der Waals surface area (Å²) in [5.41, 5.74) is 2.28. The molecule has 3 aromatic rings. The highest BCUT2D eigenvalue weighted by molar-refractivity contribution is 5.88. The number of hydrogen-bond acceptors (Lipinski definition) is 4. The summed E-state index contributed by atoms with van der Waals surface area (Å²) in [6.07, 6.45) is 2.94. The average molecular weight is 342 g/mol. The fraction of sp³-hybridized carbons (Fsp3) is 0.333. The molecule has 25 heavy (non-hydrogen) atoms. The standard InChI is InChI=1S/C18H16F2N4O/c1-24-10-16(22-23-24)11-2-3-12-9-21-15(5-13(12)4-11)6-17(25)14-7-18(19,20)8-14/h2-5,9-10,14H,6-8H2,1H3. The lowest BCUT2D eigenvalue weighted by molar-refractivity contribution is -0.147. The van der Waals surface area contributed by atoms with E-state index >= 15 is 0 Å². The second-order valence-corrected chi connectivity index (χ2v) is 6.62. The van der Waals surface area contributed by atoms with Gasteiger partial charge < -0.3 is 0 Å². The van der Waals surface area contributed by atoms with E-state index in [2.05, 4.69) is 15.3 Å². The van der Waals surface area contributed by atoms with Crippen molar-refractivity contribution in [3.63, 3.8) is 0 Å². The monoisotopic (exact) mass is 342 g/mol. The second-order valence-electron chi connectivity index (χ2n) is 6.62. The maximum Gasteiger partial charge on any atom is 0.249 e. The van der Waals surface area contributed by atoms with Crippen LogP contribution in [0.25, 0.3) is 22.0 Å². The largest absolute Gasteiger partial charge is 0.299 e. The summed E-state index contributed by atoms with van der Waals surface area (Å²) < 4.78 is 27.5. The number of alkyl halides is 2. The van der Waals surface area contributed by atoms with Gasteiger partial charge in [-0.15, -0.1) is 5.10 Å². The Hall–Kier alpha value is -2.70. The van der Waals surface area contributed by atoms with E-state index in [0.717, 1.165) is 22.0 Å². The van der Waals surface area contributed by atoms with Gasteiger partial charge in [0.05, 0.1) is 6.20 Å². The Labute approximate surface area is 142 Å². The zero-order valence-electron chi connectivity index (χ0n) is 13.6. The molecule has 2 heterocycles. The minimum Gasteiger partial charge on any atom is -0.299 e. The second kappa shape index (κ2) is 5.68. The Morgan fingerprint density at radius 2 is 2.08 bits per heavy atom. The van der Waals surface area contributed by atoms with Crippen molar-refractivity contribution in [2.45, 2.75) is 25.2 Å². The molecule has 7 heteroatoms. The van der Waals surface area contributed by atoms with E-state index < -0.39 is 11.8 Å². The van der Waals surface area contributed by atoms with E-state index in [-0.39, 0.29) is 25.0 Å². The molecule has 0 amide bonds. The smallest absolute Gasteiger partial charge is 0.249 e. The Bertz CT molecular complexity index is 959. The summed E-state index contributed by atoms with van der Waals surface area (Å²) in [4.78, 5) is 16.4. The number of aromatic nitrogens is 4. The van der Waals surface area contributed by atoms with E-state index in [1.54, 1.807) is 17.9 Å². The molecule has 0 unspecified atom stereocenters. The lowest BCUT2D eigenvalue weighted by Crippen LogP contribution is -2.40. The zero-order chi connectivity index (χ0) is 17.6. The first-order chi connectivity index (χ1) is 11.9. The molecule has 0 spiro atoms. The molecule has 0 radical (unpaired) electrons. The molecule has 0 N–H and O–H groups in total. The number of rotatable bonds is 4. The number of pyridine rings is 1. The number of aryl methyl sites for hydroxylation is 1. The Morgan fingerprint density at radius 1 is 1.28 bits per heavy atom. The molecule has 5 nitrogen and oxygen atoms in total. The molecule has 4 rings (SSSR count). The van der Waals surface area contributed by atoms with Crippen LogP contribution >= 0.6 is 0 Å². The Balaban J connectivity index is 1.57. The number of Topliss-reactive ketones (excluding diaryl/α,β-unsaturated/α-hetero) is 1. The molecule has 1 aliphatic carbocycles. The number of ketones is 1. The lowest BCUT2D eigenvalue weighted by atomic mass is 9.77. The van der Waals surface area contributed by atoms with Crippen molar-refractivity contribution >= 4 is 16.6 Å². The first-order valence-electron chi connectivity index (χ1n) is 8.06. The van der Waals surface area contributed by atoms with E-state index in [1.807, 2.05) is 30.5 Å². The van der Waals surface area contributed by atoms with E-state index in [9.17, 15) is 13.6 Å². The van der Waals surface area contributed by atoms with Crippen molar-refractivity contribution in [3.8, 4) is 11.3 Å². The van der Waals surface area contributed by atoms with Crippen LogP contribution in [0.1, 0.15) is 18.5 Å². The Morgan fingerprint density at radius 3 is 2.76 bits per heavy atom. The van der Waals surface area contributed by atoms with E-state index in [0.29, 0.717) is 5.69 Å². The van der Waals surface area contributed by atoms with Crippen molar-refractivity contribution < 1.29 is 13.6 Å². The van der Waals surface area contributed by atoms with E-state index in [4.69, 9.17) is 0 Å². The quantitative estimate of drug-likeness (QED) is 0.731. The zero-order valence-corrected chi connectivity index (χ0v) is 13.6. The molecule has 1 fully saturated rings. The predicted octanol–water partition coefficient (Wildman–Crippen LogP) is 3.19. The molecule has 0 saturated heterocycles. The summed E-state index contributed by atoms with van der Waals surface area (Å²) in [6.45, 7) is 0. The summed E-state index contributed by atoms with van der Waals surface area (Å²) in [5.74, 6) is -3.38. The van der Waals surface area contributed by atoms with Gasteiger partial charge in [-0.3, -0.25) is 14.5 Å². The van der Waals surface area contributed by atoms with Crippen molar-refractivity contribution in [1.82, 2.24) is 20.0 Å². The van der Waals surface area contributed by atoms with Gasteiger partial charge in [-0.25, -0.2) is 8.78 Å². The van der Waals surface area contributed by atoms with Gasteiger partial charge in [-0.05, 0) is 17.5 Å². The van der Waals surface area contributed by atoms with Gasteiger partial charge in [-0.1, -0.05) is 17.3 Å². The highest BCUT2D eigenvalue weighted by atomic mass is 19.3. The number of fused-ring (bicyclic) bond motifs is 1. The van der Waals surface area contributed by atoms with Crippen LogP contribution in [0.5, 0.6) is 0 Å². The number of carbonyl (C=O) groups excluding carboxylic acids is 1. The van der Waals surface area contributed by atoms with Crippen molar-refractivity contribution in [3.05, 3.63) is 42.4 Å². The number of hydrogen-bond donors (Lipinski definition) is 0. The van der Waals surface area contributed by atoms with Crippen molar-refractivity contribution in [1.29, 1.82) is 0 Å². The molecule has 0 aliphatic heterocycles. The minimum absolute atomic E-state index is 0.0893. The summed E-state index contributed by atoms with van der Waals surface area (Å²) in [7, 11) is 1.80. The van der Waals surface area contributed by atoms with Crippen molar-refractivity contribution in [2.75, 3.05) is 0 Å². The van der Waals surface area contributed by atoms with Gasteiger partial charge in [-0.2, -0.15) is 0 Å². The SMILES string of the molecule is Cn1cc(-c2ccc3cnc(CC(=O)C4CC(F)(F)C4)cc3c2)nn1. The van der Waals surface area contributed by atoms with Crippen LogP contribution in [0.2, 0.25) is 0 Å². The van der Waals surface area contributed by atoms with Gasteiger partial charge in [0.2, 0.25) is 5.92 Å². The van der Waals surface area contributed by atoms with Crippen LogP contribution in [0, 0.1) is 5.92 Å². The number of halogens is 2. The maximum atomic E-state index is 12.9. The van der Waals surface area contributed by atoms with Gasteiger partial charge in [0.1, 0.15) is 11.5 Å². The summed E-state index contributed by atoms with van der Waals surface area (Å²) in [5, 5.41) is 9.89. The predicted molar refractivity (Wildman–Crippen MR) is 88.1 cm³/mol. The molecule has 0 bridgehead atoms. The molecule has 2 aromatic heterocycles. The molecule has 1 aliphatic rings. The molecule has 1 saturated carbocycles. The van der Waals surface area contributed by atoms with Crippen LogP contribution < -0.4 is 0 Å². The fourth-order valence-electron chi connectivity index (χ4n) is 3.13. The van der Waals surface area contributed by atoms with Crippen LogP contribution in [0.4, 0.5) is 8.78 Å². The average Bonchev–Trinajstić information content (AvgIpc) is 2.98. The van der Waals surface area contributed by atoms with Crippen LogP contribution in [0.3, 0.4) is 0 Å². The number of benzene rings is 1. The third-order valence-electron chi connectivity index (χ3n) is 4.58. The molecule has 1 aromatic carbocycles. The summed E-state index contributed by atoms with van der Waals surface area (Å²) in [6, 6.07) is 7.68. The molecule has 128 valence electrons. The van der Waals surface area contributed by atoms with Crippen LogP contribution in [-0.4, -0.2) is 31.7 Å². The molecule has 0 atom stereocenters. The number of nitrogens with zero attached hydrogens (tertiary/aromatic N) is 4. The van der Waals surface area contributed by atoms with Crippen LogP contribution in [0.15, 0.2) is 36.7 Å². The normalized spacial score (nSPS) is 16.8. The van der Waals surface area contributed by atoms with Gasteiger partial charge in [0, 0.05) is 55.1 Å². The Kier molecular flexibility index (Phi) is 3.59. The summed E-state index contributed by atoms with van der Waals surface area (Å²) >= 11 is 0. The first kappa shape index (κ1) is 15.8. The topological polar surface area (TPSA) is 60.7 Å². The van der Waals surface area contributed by atoms with Gasteiger partial charge in [0.25, 0.3) is 0 Å². The van der Waals surface area contributed by atoms with Gasteiger partial charge >= 0.3 is 0 Å². The third-order valence-corrected chi connectivity index (χ3v) is 4.58. The van der Waals surface area contributed by atoms with Crippen LogP contribution in [-0.2, 0) is 18.3 Å². The highest BCUT2D eigenvalue weighted by Gasteiger charge is 2.48. The van der Waals surface area contributed by atoms with Gasteiger partial charge in [0.15, 0.2) is 0 Å². The molecular formula is C18H16F2N4O. The lowest BCUT2D eigenvalue weighted by Gasteiger charge is -2.33. The molecular weight excluding hydrogens is 326 g/mol. The third kappa shape index (κ3) is 3.14. The van der Waals surface area contributed by atoms with E-state index in [1.165, 1.54) is 0 Å². The van der Waals surface area contributed by atoms with Crippen molar-refractivity contribution in [2.24, 2.45) is 13.0 Å².